The number of nitrogens with one attached hydrogen (secondary N) is 3. The van der Waals surface area contributed by atoms with Crippen LogP contribution in [0, 0.1) is 0 Å². The van der Waals surface area contributed by atoms with Gasteiger partial charge in [0.15, 0.2) is 5.82 Å². The highest BCUT2D eigenvalue weighted by Gasteiger charge is 2.07. The molecule has 0 aliphatic rings. The first-order chi connectivity index (χ1) is 11.7. The summed E-state index contributed by atoms with van der Waals surface area (Å²) in [6.07, 6.45) is 0.573. The Hall–Kier alpha value is -2.67. The zero-order valence-corrected chi connectivity index (χ0v) is 14.4. The Balaban J connectivity index is 1.49. The van der Waals surface area contributed by atoms with E-state index in [2.05, 4.69) is 41.7 Å². The summed E-state index contributed by atoms with van der Waals surface area (Å²) < 4.78 is 0.836. The van der Waals surface area contributed by atoms with Gasteiger partial charge >= 0.3 is 6.03 Å². The Morgan fingerprint density at radius 2 is 1.83 bits per heavy atom. The number of hydrogen-bond acceptors (Lipinski definition) is 3. The standard InChI is InChI=1S/C17H16BrN5O/c18-13-8-4-5-9-14(13)20-17(24)19-11-10-15-21-16(23-22-15)12-6-2-1-3-7-12/h1-9H,10-11H2,(H2,19,20,24)(H,21,22,23). The number of rotatable bonds is 5. The van der Waals surface area contributed by atoms with Crippen LogP contribution in [0.2, 0.25) is 0 Å². The SMILES string of the molecule is O=C(NCCc1nc(-c2ccccc2)n[nH]1)Nc1ccccc1Br. The third kappa shape index (κ3) is 4.20. The van der Waals surface area contributed by atoms with E-state index in [1.807, 2.05) is 54.6 Å². The van der Waals surface area contributed by atoms with Gasteiger partial charge in [-0.1, -0.05) is 42.5 Å². The average Bonchev–Trinajstić information content (AvgIpc) is 3.07. The molecular formula is C17H16BrN5O. The van der Waals surface area contributed by atoms with Crippen molar-refractivity contribution < 1.29 is 4.79 Å². The molecule has 0 aliphatic heterocycles. The molecule has 0 fully saturated rings. The Morgan fingerprint density at radius 3 is 2.62 bits per heavy atom. The van der Waals surface area contributed by atoms with E-state index >= 15 is 0 Å². The zero-order chi connectivity index (χ0) is 16.8. The number of carbonyl (C=O) groups excluding carboxylic acids is 1. The summed E-state index contributed by atoms with van der Waals surface area (Å²) in [6.45, 7) is 0.458. The van der Waals surface area contributed by atoms with Gasteiger partial charge in [0.2, 0.25) is 0 Å². The fraction of sp³-hybridized carbons (Fsp3) is 0.118. The van der Waals surface area contributed by atoms with Crippen molar-refractivity contribution >= 4 is 27.6 Å². The van der Waals surface area contributed by atoms with Gasteiger partial charge in [0.25, 0.3) is 0 Å². The molecule has 0 bridgehead atoms. The normalized spacial score (nSPS) is 10.4. The quantitative estimate of drug-likeness (QED) is 0.627. The van der Waals surface area contributed by atoms with Crippen LogP contribution in [0.25, 0.3) is 11.4 Å². The predicted molar refractivity (Wildman–Crippen MR) is 96.7 cm³/mol. The number of H-pyrrole nitrogens is 1. The molecule has 24 heavy (non-hydrogen) atoms. The average molecular weight is 386 g/mol. The molecule has 0 radical (unpaired) electrons. The maximum absolute atomic E-state index is 11.9. The summed E-state index contributed by atoms with van der Waals surface area (Å²) in [5.74, 6) is 1.39. The number of amides is 2. The van der Waals surface area contributed by atoms with Gasteiger partial charge in [-0.05, 0) is 28.1 Å². The van der Waals surface area contributed by atoms with Crippen molar-refractivity contribution in [1.82, 2.24) is 20.5 Å². The van der Waals surface area contributed by atoms with E-state index in [4.69, 9.17) is 0 Å². The lowest BCUT2D eigenvalue weighted by Crippen LogP contribution is -2.30. The second-order valence-electron chi connectivity index (χ2n) is 5.08. The predicted octanol–water partition coefficient (Wildman–Crippen LogP) is 3.60. The first-order valence-electron chi connectivity index (χ1n) is 7.48. The van der Waals surface area contributed by atoms with Gasteiger partial charge in [-0.3, -0.25) is 5.10 Å². The topological polar surface area (TPSA) is 82.7 Å². The summed E-state index contributed by atoms with van der Waals surface area (Å²) in [5.41, 5.74) is 1.68. The number of aromatic nitrogens is 3. The number of halogens is 1. The number of anilines is 1. The fourth-order valence-corrected chi connectivity index (χ4v) is 2.53. The Kier molecular flexibility index (Phi) is 5.22. The number of para-hydroxylation sites is 1. The summed E-state index contributed by atoms with van der Waals surface area (Å²) >= 11 is 3.39. The van der Waals surface area contributed by atoms with Crippen molar-refractivity contribution in [2.45, 2.75) is 6.42 Å². The third-order valence-electron chi connectivity index (χ3n) is 3.33. The highest BCUT2D eigenvalue weighted by molar-refractivity contribution is 9.10. The molecule has 1 aromatic heterocycles. The first kappa shape index (κ1) is 16.2. The molecule has 0 saturated heterocycles. The second kappa shape index (κ2) is 7.74. The van der Waals surface area contributed by atoms with Crippen LogP contribution in [-0.2, 0) is 6.42 Å². The van der Waals surface area contributed by atoms with Gasteiger partial charge < -0.3 is 10.6 Å². The molecule has 0 atom stereocenters. The van der Waals surface area contributed by atoms with E-state index in [1.54, 1.807) is 0 Å². The lowest BCUT2D eigenvalue weighted by Gasteiger charge is -2.08. The molecule has 0 aliphatic carbocycles. The smallest absolute Gasteiger partial charge is 0.319 e. The molecule has 0 saturated carbocycles. The van der Waals surface area contributed by atoms with Crippen LogP contribution in [0.5, 0.6) is 0 Å². The van der Waals surface area contributed by atoms with E-state index < -0.39 is 0 Å². The Bertz CT molecular complexity index is 819. The van der Waals surface area contributed by atoms with Crippen LogP contribution >= 0.6 is 15.9 Å². The molecule has 3 aromatic rings. The van der Waals surface area contributed by atoms with E-state index in [0.717, 1.165) is 21.5 Å². The molecule has 122 valence electrons. The molecule has 2 amide bonds. The number of carbonyl (C=O) groups is 1. The minimum absolute atomic E-state index is 0.260. The lowest BCUT2D eigenvalue weighted by atomic mass is 10.2. The minimum atomic E-state index is -0.260. The van der Waals surface area contributed by atoms with E-state index in [9.17, 15) is 4.79 Å². The van der Waals surface area contributed by atoms with E-state index in [-0.39, 0.29) is 6.03 Å². The lowest BCUT2D eigenvalue weighted by molar-refractivity contribution is 0.252. The first-order valence-corrected chi connectivity index (χ1v) is 8.28. The van der Waals surface area contributed by atoms with Gasteiger partial charge in [0.1, 0.15) is 5.82 Å². The molecule has 6 nitrogen and oxygen atoms in total. The Labute approximate surface area is 147 Å². The van der Waals surface area contributed by atoms with Crippen LogP contribution in [0.4, 0.5) is 10.5 Å². The molecule has 3 N–H and O–H groups in total. The van der Waals surface area contributed by atoms with E-state index in [0.29, 0.717) is 18.8 Å². The van der Waals surface area contributed by atoms with Crippen molar-refractivity contribution in [3.8, 4) is 11.4 Å². The number of urea groups is 1. The Morgan fingerprint density at radius 1 is 1.08 bits per heavy atom. The summed E-state index contributed by atoms with van der Waals surface area (Å²) in [5, 5.41) is 12.7. The molecule has 1 heterocycles. The number of aromatic amines is 1. The number of hydrogen-bond donors (Lipinski definition) is 3. The van der Waals surface area contributed by atoms with Crippen LogP contribution in [0.1, 0.15) is 5.82 Å². The van der Waals surface area contributed by atoms with Gasteiger partial charge in [-0.15, -0.1) is 0 Å². The summed E-state index contributed by atoms with van der Waals surface area (Å²) in [4.78, 5) is 16.3. The highest BCUT2D eigenvalue weighted by atomic mass is 79.9. The number of benzene rings is 2. The van der Waals surface area contributed by atoms with Crippen LogP contribution < -0.4 is 10.6 Å². The van der Waals surface area contributed by atoms with Crippen molar-refractivity contribution in [3.63, 3.8) is 0 Å². The van der Waals surface area contributed by atoms with Crippen LogP contribution in [-0.4, -0.2) is 27.8 Å². The van der Waals surface area contributed by atoms with Crippen LogP contribution in [0.15, 0.2) is 59.1 Å². The molecule has 7 heteroatoms. The third-order valence-corrected chi connectivity index (χ3v) is 4.02. The van der Waals surface area contributed by atoms with Crippen LogP contribution in [0.3, 0.4) is 0 Å². The maximum Gasteiger partial charge on any atom is 0.319 e. The molecule has 3 rings (SSSR count). The fourth-order valence-electron chi connectivity index (χ4n) is 2.15. The van der Waals surface area contributed by atoms with Gasteiger partial charge in [0.05, 0.1) is 5.69 Å². The van der Waals surface area contributed by atoms with Gasteiger partial charge in [0, 0.05) is 23.0 Å². The number of nitrogens with zero attached hydrogens (tertiary/aromatic N) is 2. The van der Waals surface area contributed by atoms with Gasteiger partial charge in [-0.25, -0.2) is 9.78 Å². The molecule has 0 unspecified atom stereocenters. The summed E-state index contributed by atoms with van der Waals surface area (Å²) in [7, 11) is 0. The summed E-state index contributed by atoms with van der Waals surface area (Å²) in [6, 6.07) is 16.9. The van der Waals surface area contributed by atoms with Gasteiger partial charge in [-0.2, -0.15) is 5.10 Å². The molecular weight excluding hydrogens is 370 g/mol. The van der Waals surface area contributed by atoms with E-state index in [1.165, 1.54) is 0 Å². The van der Waals surface area contributed by atoms with Crippen molar-refractivity contribution in [2.75, 3.05) is 11.9 Å². The van der Waals surface area contributed by atoms with Crippen molar-refractivity contribution in [3.05, 3.63) is 64.9 Å². The van der Waals surface area contributed by atoms with Crippen molar-refractivity contribution in [2.24, 2.45) is 0 Å². The monoisotopic (exact) mass is 385 g/mol. The zero-order valence-electron chi connectivity index (χ0n) is 12.8. The minimum Gasteiger partial charge on any atom is -0.337 e. The maximum atomic E-state index is 11.9. The second-order valence-corrected chi connectivity index (χ2v) is 5.94. The van der Waals surface area contributed by atoms with Crippen molar-refractivity contribution in [1.29, 1.82) is 0 Å². The molecule has 0 spiro atoms. The molecule has 2 aromatic carbocycles. The highest BCUT2D eigenvalue weighted by Crippen LogP contribution is 2.20. The largest absolute Gasteiger partial charge is 0.337 e.